The Kier molecular flexibility index (Phi) is 5.02. The average Bonchev–Trinajstić information content (AvgIpc) is 2.56. The molecule has 0 heterocycles. The van der Waals surface area contributed by atoms with Crippen molar-refractivity contribution in [2.45, 2.75) is 17.9 Å². The van der Waals surface area contributed by atoms with Gasteiger partial charge in [-0.25, -0.2) is 17.6 Å². The topological polar surface area (TPSA) is 118 Å². The van der Waals surface area contributed by atoms with Crippen molar-refractivity contribution in [3.05, 3.63) is 64.5 Å². The number of nitrogens with zero attached hydrogens (tertiary/aromatic N) is 2. The van der Waals surface area contributed by atoms with Gasteiger partial charge in [-0.1, -0.05) is 6.07 Å². The normalized spacial score (nSPS) is 12.4. The number of benzene rings is 2. The number of carbonyl (C=O) groups is 1. The SMILES string of the molecule is CC(C(=O)O)N(c1ccc(F)cc1)S(=O)(=O)c1cccc([N+](=O)[O-])c1. The van der Waals surface area contributed by atoms with Crippen molar-refractivity contribution in [3.8, 4) is 0 Å². The van der Waals surface area contributed by atoms with Crippen molar-refractivity contribution in [1.29, 1.82) is 0 Å². The second-order valence-corrected chi connectivity index (χ2v) is 6.86. The fraction of sp³-hybridized carbons (Fsp3) is 0.133. The summed E-state index contributed by atoms with van der Waals surface area (Å²) in [4.78, 5) is 21.0. The molecule has 0 aliphatic carbocycles. The number of rotatable bonds is 6. The molecule has 2 aromatic rings. The first-order valence-electron chi connectivity index (χ1n) is 6.92. The molecule has 10 heteroatoms. The monoisotopic (exact) mass is 368 g/mol. The molecule has 0 aliphatic rings. The van der Waals surface area contributed by atoms with Crippen molar-refractivity contribution in [2.24, 2.45) is 0 Å². The summed E-state index contributed by atoms with van der Waals surface area (Å²) in [5.74, 6) is -2.06. The van der Waals surface area contributed by atoms with E-state index < -0.39 is 43.4 Å². The van der Waals surface area contributed by atoms with E-state index in [4.69, 9.17) is 0 Å². The zero-order valence-electron chi connectivity index (χ0n) is 12.9. The van der Waals surface area contributed by atoms with Gasteiger partial charge in [0.1, 0.15) is 11.9 Å². The number of sulfonamides is 1. The van der Waals surface area contributed by atoms with Crippen molar-refractivity contribution in [1.82, 2.24) is 0 Å². The standard InChI is InChI=1S/C15H13FN2O6S/c1-10(15(19)20)17(12-7-5-11(16)6-8-12)25(23,24)14-4-2-3-13(9-14)18(21)22/h2-10H,1H3,(H,19,20). The number of carboxylic acids is 1. The third-order valence-corrected chi connectivity index (χ3v) is 5.27. The van der Waals surface area contributed by atoms with Crippen LogP contribution in [0.15, 0.2) is 53.4 Å². The molecular weight excluding hydrogens is 355 g/mol. The van der Waals surface area contributed by atoms with Crippen molar-refractivity contribution in [3.63, 3.8) is 0 Å². The van der Waals surface area contributed by atoms with E-state index in [-0.39, 0.29) is 5.69 Å². The maximum atomic E-state index is 13.1. The molecule has 0 bridgehead atoms. The second-order valence-electron chi connectivity index (χ2n) is 5.05. The van der Waals surface area contributed by atoms with Gasteiger partial charge in [0, 0.05) is 12.1 Å². The van der Waals surface area contributed by atoms with Crippen LogP contribution in [-0.4, -0.2) is 30.5 Å². The summed E-state index contributed by atoms with van der Waals surface area (Å²) in [6.07, 6.45) is 0. The molecule has 0 saturated heterocycles. The molecule has 0 radical (unpaired) electrons. The Morgan fingerprint density at radius 2 is 1.84 bits per heavy atom. The minimum absolute atomic E-state index is 0.0807. The number of anilines is 1. The van der Waals surface area contributed by atoms with E-state index in [1.807, 2.05) is 0 Å². The molecule has 0 aromatic heterocycles. The lowest BCUT2D eigenvalue weighted by Gasteiger charge is -2.27. The number of carboxylic acid groups (broad SMARTS) is 1. The fourth-order valence-electron chi connectivity index (χ4n) is 2.13. The Bertz CT molecular complexity index is 914. The lowest BCUT2D eigenvalue weighted by molar-refractivity contribution is -0.385. The van der Waals surface area contributed by atoms with E-state index in [1.54, 1.807) is 0 Å². The molecule has 2 rings (SSSR count). The quantitative estimate of drug-likeness (QED) is 0.618. The summed E-state index contributed by atoms with van der Waals surface area (Å²) in [6.45, 7) is 1.14. The molecule has 1 atom stereocenters. The van der Waals surface area contributed by atoms with Crippen LogP contribution in [0.2, 0.25) is 0 Å². The van der Waals surface area contributed by atoms with E-state index in [0.717, 1.165) is 49.4 Å². The lowest BCUT2D eigenvalue weighted by Crippen LogP contribution is -2.43. The molecule has 25 heavy (non-hydrogen) atoms. The van der Waals surface area contributed by atoms with Gasteiger partial charge in [-0.2, -0.15) is 0 Å². The number of nitro benzene ring substituents is 1. The molecule has 2 aromatic carbocycles. The summed E-state index contributed by atoms with van der Waals surface area (Å²) in [5.41, 5.74) is -0.536. The van der Waals surface area contributed by atoms with Gasteiger partial charge in [0.2, 0.25) is 0 Å². The van der Waals surface area contributed by atoms with E-state index in [0.29, 0.717) is 4.31 Å². The molecular formula is C15H13FN2O6S. The predicted octanol–water partition coefficient (Wildman–Crippen LogP) is 2.40. The first-order valence-corrected chi connectivity index (χ1v) is 8.36. The molecule has 8 nitrogen and oxygen atoms in total. The lowest BCUT2D eigenvalue weighted by atomic mass is 10.2. The van der Waals surface area contributed by atoms with E-state index in [9.17, 15) is 32.8 Å². The Morgan fingerprint density at radius 3 is 2.36 bits per heavy atom. The number of nitro groups is 1. The van der Waals surface area contributed by atoms with Crippen molar-refractivity contribution >= 4 is 27.4 Å². The van der Waals surface area contributed by atoms with Crippen LogP contribution in [0.25, 0.3) is 0 Å². The number of hydrogen-bond acceptors (Lipinski definition) is 5. The highest BCUT2D eigenvalue weighted by atomic mass is 32.2. The summed E-state index contributed by atoms with van der Waals surface area (Å²) < 4.78 is 39.5. The van der Waals surface area contributed by atoms with Crippen LogP contribution in [0, 0.1) is 15.9 Å². The number of hydrogen-bond donors (Lipinski definition) is 1. The minimum Gasteiger partial charge on any atom is -0.480 e. The van der Waals surface area contributed by atoms with Crippen LogP contribution in [0.5, 0.6) is 0 Å². The average molecular weight is 368 g/mol. The molecule has 1 unspecified atom stereocenters. The fourth-order valence-corrected chi connectivity index (χ4v) is 3.78. The first kappa shape index (κ1) is 18.3. The number of non-ortho nitro benzene ring substituents is 1. The maximum absolute atomic E-state index is 13.1. The van der Waals surface area contributed by atoms with Gasteiger partial charge in [-0.3, -0.25) is 14.4 Å². The van der Waals surface area contributed by atoms with Gasteiger partial charge in [0.15, 0.2) is 0 Å². The molecule has 0 amide bonds. The molecule has 0 spiro atoms. The Hall–Kier alpha value is -3.01. The maximum Gasteiger partial charge on any atom is 0.327 e. The molecule has 132 valence electrons. The van der Waals surface area contributed by atoms with Gasteiger partial charge in [-0.05, 0) is 37.3 Å². The van der Waals surface area contributed by atoms with Gasteiger partial charge in [0.25, 0.3) is 15.7 Å². The van der Waals surface area contributed by atoms with Crippen LogP contribution < -0.4 is 4.31 Å². The van der Waals surface area contributed by atoms with Crippen molar-refractivity contribution < 1.29 is 27.6 Å². The number of aliphatic carboxylic acids is 1. The highest BCUT2D eigenvalue weighted by Gasteiger charge is 2.34. The third-order valence-electron chi connectivity index (χ3n) is 3.38. The zero-order valence-corrected chi connectivity index (χ0v) is 13.7. The van der Waals surface area contributed by atoms with Crippen LogP contribution >= 0.6 is 0 Å². The predicted molar refractivity (Wildman–Crippen MR) is 86.3 cm³/mol. The Balaban J connectivity index is 2.63. The highest BCUT2D eigenvalue weighted by Crippen LogP contribution is 2.28. The highest BCUT2D eigenvalue weighted by molar-refractivity contribution is 7.93. The third kappa shape index (κ3) is 3.74. The summed E-state index contributed by atoms with van der Waals surface area (Å²) >= 11 is 0. The first-order chi connectivity index (χ1) is 11.6. The van der Waals surface area contributed by atoms with Crippen LogP contribution in [0.3, 0.4) is 0 Å². The summed E-state index contributed by atoms with van der Waals surface area (Å²) in [6, 6.07) is 6.93. The van der Waals surface area contributed by atoms with Crippen LogP contribution in [-0.2, 0) is 14.8 Å². The smallest absolute Gasteiger partial charge is 0.327 e. The van der Waals surface area contributed by atoms with Gasteiger partial charge >= 0.3 is 5.97 Å². The molecule has 0 fully saturated rings. The van der Waals surface area contributed by atoms with E-state index in [1.165, 1.54) is 6.07 Å². The second kappa shape index (κ2) is 6.85. The Labute approximate surface area is 142 Å². The van der Waals surface area contributed by atoms with Crippen LogP contribution in [0.1, 0.15) is 6.92 Å². The van der Waals surface area contributed by atoms with Crippen molar-refractivity contribution in [2.75, 3.05) is 4.31 Å². The molecule has 0 aliphatic heterocycles. The van der Waals surface area contributed by atoms with Gasteiger partial charge < -0.3 is 5.11 Å². The van der Waals surface area contributed by atoms with E-state index >= 15 is 0 Å². The Morgan fingerprint density at radius 1 is 1.24 bits per heavy atom. The zero-order chi connectivity index (χ0) is 18.8. The largest absolute Gasteiger partial charge is 0.480 e. The summed E-state index contributed by atoms with van der Waals surface area (Å²) in [5, 5.41) is 20.1. The summed E-state index contributed by atoms with van der Waals surface area (Å²) in [7, 11) is -4.44. The van der Waals surface area contributed by atoms with Gasteiger partial charge in [-0.15, -0.1) is 0 Å². The van der Waals surface area contributed by atoms with Gasteiger partial charge in [0.05, 0.1) is 15.5 Å². The molecule has 1 N–H and O–H groups in total. The van der Waals surface area contributed by atoms with E-state index in [2.05, 4.69) is 0 Å². The number of halogens is 1. The molecule has 0 saturated carbocycles. The van der Waals surface area contributed by atoms with Crippen LogP contribution in [0.4, 0.5) is 15.8 Å². The minimum atomic E-state index is -4.44.